The van der Waals surface area contributed by atoms with Gasteiger partial charge in [-0.1, -0.05) is 24.3 Å². The summed E-state index contributed by atoms with van der Waals surface area (Å²) in [4.78, 5) is 19.8. The molecule has 0 radical (unpaired) electrons. The minimum atomic E-state index is 0.0696. The van der Waals surface area contributed by atoms with Gasteiger partial charge in [-0.05, 0) is 35.4 Å². The number of ether oxygens (including phenoxy) is 1. The van der Waals surface area contributed by atoms with Crippen molar-refractivity contribution in [1.82, 2.24) is 14.7 Å². The third kappa shape index (κ3) is 6.97. The molecule has 2 aliphatic rings. The first kappa shape index (κ1) is 23.1. The van der Waals surface area contributed by atoms with Crippen LogP contribution in [0.3, 0.4) is 0 Å². The third-order valence-electron chi connectivity index (χ3n) is 6.12. The van der Waals surface area contributed by atoms with Gasteiger partial charge in [0.25, 0.3) is 0 Å². The van der Waals surface area contributed by atoms with Crippen LogP contribution in [0.5, 0.6) is 5.75 Å². The molecule has 0 atom stereocenters. The minimum absolute atomic E-state index is 0.0696. The number of rotatable bonds is 8. The van der Waals surface area contributed by atoms with Crippen molar-refractivity contribution in [3.05, 3.63) is 59.7 Å². The van der Waals surface area contributed by atoms with E-state index in [1.807, 2.05) is 36.0 Å². The molecule has 0 unspecified atom stereocenters. The van der Waals surface area contributed by atoms with Gasteiger partial charge in [0, 0.05) is 69.6 Å². The zero-order valence-corrected chi connectivity index (χ0v) is 19.8. The molecule has 2 aliphatic heterocycles. The highest BCUT2D eigenvalue weighted by atomic mass is 32.2. The highest BCUT2D eigenvalue weighted by Gasteiger charge is 2.19. The number of piperazine rings is 1. The lowest BCUT2D eigenvalue weighted by Crippen LogP contribution is -2.48. The Balaban J connectivity index is 1.20. The fourth-order valence-electron chi connectivity index (χ4n) is 4.26. The summed E-state index contributed by atoms with van der Waals surface area (Å²) in [6.45, 7) is 8.41. The van der Waals surface area contributed by atoms with E-state index in [0.717, 1.165) is 63.8 Å². The maximum absolute atomic E-state index is 12.6. The molecular formula is C25H34N4O2S. The van der Waals surface area contributed by atoms with Crippen LogP contribution in [-0.4, -0.2) is 85.0 Å². The number of carbonyl (C=O) groups is 1. The van der Waals surface area contributed by atoms with Gasteiger partial charge in [0.05, 0.1) is 13.7 Å². The summed E-state index contributed by atoms with van der Waals surface area (Å²) in [5, 5.41) is 3.10. The first-order valence-electron chi connectivity index (χ1n) is 11.4. The lowest BCUT2D eigenvalue weighted by Gasteiger charge is -2.34. The zero-order valence-electron chi connectivity index (χ0n) is 19.0. The predicted octanol–water partition coefficient (Wildman–Crippen LogP) is 3.00. The van der Waals surface area contributed by atoms with E-state index in [1.165, 1.54) is 22.6 Å². The van der Waals surface area contributed by atoms with E-state index >= 15 is 0 Å². The van der Waals surface area contributed by atoms with Crippen LogP contribution in [0.2, 0.25) is 0 Å². The molecule has 4 rings (SSSR count). The number of methoxy groups -OCH3 is 1. The van der Waals surface area contributed by atoms with Gasteiger partial charge in [-0.15, -0.1) is 0 Å². The van der Waals surface area contributed by atoms with E-state index in [0.29, 0.717) is 6.54 Å². The topological polar surface area (TPSA) is 48.1 Å². The average molecular weight is 455 g/mol. The van der Waals surface area contributed by atoms with Crippen LogP contribution in [0.15, 0.2) is 48.5 Å². The van der Waals surface area contributed by atoms with Gasteiger partial charge in [0.15, 0.2) is 0 Å². The first-order valence-corrected chi connectivity index (χ1v) is 12.6. The summed E-state index contributed by atoms with van der Waals surface area (Å²) >= 11 is 2.03. The van der Waals surface area contributed by atoms with Crippen molar-refractivity contribution in [2.24, 2.45) is 0 Å². The number of nitrogens with one attached hydrogen (secondary N) is 1. The minimum Gasteiger partial charge on any atom is -0.497 e. The number of hydrogen-bond donors (Lipinski definition) is 1. The Bertz CT molecular complexity index is 863. The number of nitrogens with zero attached hydrogens (tertiary/aromatic N) is 3. The molecule has 2 aromatic rings. The van der Waals surface area contributed by atoms with Gasteiger partial charge < -0.3 is 10.1 Å². The van der Waals surface area contributed by atoms with Crippen LogP contribution in [0.1, 0.15) is 11.1 Å². The van der Waals surface area contributed by atoms with E-state index < -0.39 is 0 Å². The number of anilines is 1. The van der Waals surface area contributed by atoms with Gasteiger partial charge >= 0.3 is 0 Å². The maximum atomic E-state index is 12.6. The molecular weight excluding hydrogens is 420 g/mol. The number of hydrogen-bond acceptors (Lipinski definition) is 6. The molecule has 0 spiro atoms. The summed E-state index contributed by atoms with van der Waals surface area (Å²) in [6, 6.07) is 16.6. The standard InChI is InChI=1S/C25H34N4O2S/c1-31-24-7-5-21(6-8-24)18-27-9-11-28(12-10-27)20-25(30)26-23-4-2-3-22(17-23)19-29-13-15-32-16-14-29/h2-8,17H,9-16,18-20H2,1H3,(H,26,30). The van der Waals surface area contributed by atoms with Gasteiger partial charge in [-0.3, -0.25) is 19.5 Å². The molecule has 2 aromatic carbocycles. The van der Waals surface area contributed by atoms with Crippen molar-refractivity contribution >= 4 is 23.4 Å². The van der Waals surface area contributed by atoms with Crippen molar-refractivity contribution in [1.29, 1.82) is 0 Å². The SMILES string of the molecule is COc1ccc(CN2CCN(CC(=O)Nc3cccc(CN4CCSCC4)c3)CC2)cc1. The molecule has 2 heterocycles. The van der Waals surface area contributed by atoms with Crippen LogP contribution in [-0.2, 0) is 17.9 Å². The number of carbonyl (C=O) groups excluding carboxylic acids is 1. The number of amides is 1. The molecule has 2 fully saturated rings. The number of benzene rings is 2. The molecule has 0 saturated carbocycles. The fourth-order valence-corrected chi connectivity index (χ4v) is 5.24. The predicted molar refractivity (Wildman–Crippen MR) is 132 cm³/mol. The molecule has 172 valence electrons. The molecule has 1 N–H and O–H groups in total. The molecule has 7 heteroatoms. The lowest BCUT2D eigenvalue weighted by molar-refractivity contribution is -0.117. The van der Waals surface area contributed by atoms with Crippen LogP contribution in [0.25, 0.3) is 0 Å². The average Bonchev–Trinajstić information content (AvgIpc) is 2.82. The molecule has 32 heavy (non-hydrogen) atoms. The van der Waals surface area contributed by atoms with Crippen LogP contribution in [0.4, 0.5) is 5.69 Å². The molecule has 6 nitrogen and oxygen atoms in total. The Labute approximate surface area is 195 Å². The maximum Gasteiger partial charge on any atom is 0.238 e. The monoisotopic (exact) mass is 454 g/mol. The fraction of sp³-hybridized carbons (Fsp3) is 0.480. The Hall–Kier alpha value is -2.06. The van der Waals surface area contributed by atoms with E-state index in [9.17, 15) is 4.79 Å². The highest BCUT2D eigenvalue weighted by molar-refractivity contribution is 7.99. The zero-order chi connectivity index (χ0) is 22.2. The van der Waals surface area contributed by atoms with E-state index in [4.69, 9.17) is 4.74 Å². The van der Waals surface area contributed by atoms with E-state index in [2.05, 4.69) is 44.3 Å². The largest absolute Gasteiger partial charge is 0.497 e. The first-order chi connectivity index (χ1) is 15.7. The molecule has 2 saturated heterocycles. The van der Waals surface area contributed by atoms with Crippen LogP contribution < -0.4 is 10.1 Å². The third-order valence-corrected chi connectivity index (χ3v) is 7.06. The van der Waals surface area contributed by atoms with Crippen molar-refractivity contribution in [2.45, 2.75) is 13.1 Å². The molecule has 0 bridgehead atoms. The smallest absolute Gasteiger partial charge is 0.238 e. The molecule has 0 aromatic heterocycles. The van der Waals surface area contributed by atoms with Crippen molar-refractivity contribution in [3.8, 4) is 5.75 Å². The van der Waals surface area contributed by atoms with Gasteiger partial charge in [0.1, 0.15) is 5.75 Å². The van der Waals surface area contributed by atoms with Gasteiger partial charge in [-0.25, -0.2) is 0 Å². The van der Waals surface area contributed by atoms with Crippen LogP contribution in [0, 0.1) is 0 Å². The van der Waals surface area contributed by atoms with Crippen molar-refractivity contribution in [3.63, 3.8) is 0 Å². The summed E-state index contributed by atoms with van der Waals surface area (Å²) in [7, 11) is 1.69. The van der Waals surface area contributed by atoms with Gasteiger partial charge in [0.2, 0.25) is 5.91 Å². The summed E-state index contributed by atoms with van der Waals surface area (Å²) in [5.41, 5.74) is 3.46. The molecule has 0 aliphatic carbocycles. The Kier molecular flexibility index (Phi) is 8.45. The van der Waals surface area contributed by atoms with Crippen LogP contribution >= 0.6 is 11.8 Å². The van der Waals surface area contributed by atoms with Crippen molar-refractivity contribution in [2.75, 3.05) is 69.7 Å². The Morgan fingerprint density at radius 1 is 0.875 bits per heavy atom. The van der Waals surface area contributed by atoms with E-state index in [1.54, 1.807) is 7.11 Å². The summed E-state index contributed by atoms with van der Waals surface area (Å²) in [6.07, 6.45) is 0. The lowest BCUT2D eigenvalue weighted by atomic mass is 10.2. The Morgan fingerprint density at radius 3 is 2.25 bits per heavy atom. The van der Waals surface area contributed by atoms with Crippen molar-refractivity contribution < 1.29 is 9.53 Å². The Morgan fingerprint density at radius 2 is 1.53 bits per heavy atom. The normalized spacial score (nSPS) is 18.4. The molecule has 1 amide bonds. The van der Waals surface area contributed by atoms with Gasteiger partial charge in [-0.2, -0.15) is 11.8 Å². The van der Waals surface area contributed by atoms with E-state index in [-0.39, 0.29) is 5.91 Å². The number of thioether (sulfide) groups is 1. The second-order valence-electron chi connectivity index (χ2n) is 8.54. The summed E-state index contributed by atoms with van der Waals surface area (Å²) < 4.78 is 5.23. The quantitative estimate of drug-likeness (QED) is 0.662. The second kappa shape index (κ2) is 11.7. The second-order valence-corrected chi connectivity index (χ2v) is 9.76. The highest BCUT2D eigenvalue weighted by Crippen LogP contribution is 2.17. The summed E-state index contributed by atoms with van der Waals surface area (Å²) in [5.74, 6) is 3.38.